The van der Waals surface area contributed by atoms with Crippen molar-refractivity contribution < 1.29 is 66.0 Å². The van der Waals surface area contributed by atoms with Crippen LogP contribution in [0.4, 0.5) is 0 Å². The van der Waals surface area contributed by atoms with E-state index in [1.54, 1.807) is 0 Å². The van der Waals surface area contributed by atoms with E-state index >= 15 is 0 Å². The molecule has 15 nitrogen and oxygen atoms in total. The van der Waals surface area contributed by atoms with Crippen molar-refractivity contribution in [1.29, 1.82) is 0 Å². The molecule has 3 aromatic rings. The first-order valence-electron chi connectivity index (χ1n) is 17.9. The Morgan fingerprint density at radius 1 is 0.737 bits per heavy atom. The third kappa shape index (κ3) is 14.6. The standard InChI is InChI=1S/C40H46NO14PS/c1-26(42)41-36-34(51-28(3)44)21-40(39(47)57-25-33-19-13-8-14-20-33,54-38(36)37(53-30(5)46)35(52-29(4)45)24-48-27(2)43)55-56(49-22-31-15-9-6-10-16-31)50-23-32-17-11-7-12-18-32/h6-20,34-38H,21-25H2,1-5H3,(H,41,42)/t34-,35+,36+,37+,38+,40?/m0/s1. The molecule has 1 aliphatic rings. The van der Waals surface area contributed by atoms with Crippen LogP contribution in [-0.2, 0) is 85.0 Å². The fourth-order valence-electron chi connectivity index (χ4n) is 5.78. The highest BCUT2D eigenvalue weighted by Gasteiger charge is 2.59. The summed E-state index contributed by atoms with van der Waals surface area (Å²) >= 11 is 0.823. The van der Waals surface area contributed by atoms with Crippen molar-refractivity contribution >= 4 is 55.3 Å². The molecule has 1 unspecified atom stereocenters. The molecule has 0 spiro atoms. The molecule has 4 rings (SSSR count). The average molecular weight is 828 g/mol. The summed E-state index contributed by atoms with van der Waals surface area (Å²) in [6, 6.07) is 26.0. The quantitative estimate of drug-likeness (QED) is 0.0910. The maximum atomic E-state index is 14.8. The lowest BCUT2D eigenvalue weighted by atomic mass is 9.88. The third-order valence-corrected chi connectivity index (χ3v) is 10.3. The fraction of sp³-hybridized carbons (Fsp3) is 0.400. The molecular formula is C40H46NO14PS. The van der Waals surface area contributed by atoms with Gasteiger partial charge < -0.3 is 38.0 Å². The van der Waals surface area contributed by atoms with Crippen LogP contribution in [0, 0.1) is 0 Å². The van der Waals surface area contributed by atoms with E-state index in [0.29, 0.717) is 0 Å². The van der Waals surface area contributed by atoms with E-state index in [4.69, 9.17) is 37.3 Å². The number of carbonyl (C=O) groups is 6. The Labute approximate surface area is 336 Å². The molecule has 0 saturated carbocycles. The van der Waals surface area contributed by atoms with Crippen LogP contribution in [0.5, 0.6) is 0 Å². The minimum atomic E-state index is -2.50. The van der Waals surface area contributed by atoms with Crippen LogP contribution in [0.25, 0.3) is 0 Å². The molecule has 306 valence electrons. The van der Waals surface area contributed by atoms with Gasteiger partial charge in [-0.1, -0.05) is 103 Å². The summed E-state index contributed by atoms with van der Waals surface area (Å²) < 4.78 is 47.8. The van der Waals surface area contributed by atoms with Crippen molar-refractivity contribution in [2.45, 2.75) is 96.3 Å². The number of esters is 4. The Hall–Kier alpha value is -4.70. The van der Waals surface area contributed by atoms with Crippen LogP contribution in [0.3, 0.4) is 0 Å². The first-order valence-corrected chi connectivity index (χ1v) is 20.0. The van der Waals surface area contributed by atoms with E-state index in [-0.39, 0.29) is 19.0 Å². The van der Waals surface area contributed by atoms with Crippen molar-refractivity contribution in [3.8, 4) is 0 Å². The Kier molecular flexibility index (Phi) is 17.6. The molecule has 3 aromatic carbocycles. The second-order valence-corrected chi connectivity index (χ2v) is 14.9. The lowest BCUT2D eigenvalue weighted by Gasteiger charge is -2.49. The van der Waals surface area contributed by atoms with Crippen molar-refractivity contribution in [2.75, 3.05) is 6.61 Å². The van der Waals surface area contributed by atoms with Crippen molar-refractivity contribution in [1.82, 2.24) is 5.32 Å². The lowest BCUT2D eigenvalue weighted by Crippen LogP contribution is -2.68. The van der Waals surface area contributed by atoms with Gasteiger partial charge in [0, 0.05) is 46.8 Å². The van der Waals surface area contributed by atoms with Crippen molar-refractivity contribution in [2.24, 2.45) is 0 Å². The summed E-state index contributed by atoms with van der Waals surface area (Å²) in [5.74, 6) is -6.16. The summed E-state index contributed by atoms with van der Waals surface area (Å²) in [7, 11) is -2.50. The monoisotopic (exact) mass is 827 g/mol. The Balaban J connectivity index is 1.88. The normalized spacial score (nSPS) is 20.1. The highest BCUT2D eigenvalue weighted by Crippen LogP contribution is 2.51. The van der Waals surface area contributed by atoms with Crippen molar-refractivity contribution in [3.05, 3.63) is 108 Å². The van der Waals surface area contributed by atoms with E-state index in [2.05, 4.69) is 5.32 Å². The van der Waals surface area contributed by atoms with Crippen LogP contribution < -0.4 is 5.32 Å². The number of carbonyl (C=O) groups excluding carboxylic acids is 6. The van der Waals surface area contributed by atoms with E-state index in [0.717, 1.165) is 56.1 Å². The van der Waals surface area contributed by atoms with Gasteiger partial charge >= 0.3 is 32.5 Å². The van der Waals surface area contributed by atoms with Gasteiger partial charge in [0.15, 0.2) is 12.2 Å². The second kappa shape index (κ2) is 22.3. The van der Waals surface area contributed by atoms with E-state index in [9.17, 15) is 28.8 Å². The molecule has 1 fully saturated rings. The SMILES string of the molecule is CC(=O)N[C@H]1[C@H]([C@H](OC(C)=O)[C@@H](COC(C)=O)OC(C)=O)OC(OP(OCc2ccccc2)OCc2ccccc2)(C(=O)SCc2ccccc2)C[C@@H]1OC(C)=O. The zero-order valence-electron chi connectivity index (χ0n) is 32.2. The van der Waals surface area contributed by atoms with Gasteiger partial charge in [-0.15, -0.1) is 0 Å². The van der Waals surface area contributed by atoms with E-state index in [1.165, 1.54) is 6.92 Å². The van der Waals surface area contributed by atoms with Gasteiger partial charge in [-0.05, 0) is 16.7 Å². The molecule has 0 aliphatic carbocycles. The number of nitrogens with one attached hydrogen (secondary N) is 1. The number of thioether (sulfide) groups is 1. The van der Waals surface area contributed by atoms with Crippen molar-refractivity contribution in [3.63, 3.8) is 0 Å². The van der Waals surface area contributed by atoms with E-state index in [1.807, 2.05) is 91.0 Å². The number of ether oxygens (including phenoxy) is 5. The lowest BCUT2D eigenvalue weighted by molar-refractivity contribution is -0.279. The first kappa shape index (κ1) is 45.0. The molecule has 6 atom stereocenters. The van der Waals surface area contributed by atoms with E-state index < -0.39 is 92.8 Å². The molecule has 1 aliphatic heterocycles. The average Bonchev–Trinajstić information content (AvgIpc) is 3.17. The van der Waals surface area contributed by atoms with Gasteiger partial charge in [-0.2, -0.15) is 0 Å². The number of amides is 1. The smallest absolute Gasteiger partial charge is 0.336 e. The summed E-state index contributed by atoms with van der Waals surface area (Å²) in [4.78, 5) is 77.4. The topological polar surface area (TPSA) is 188 Å². The highest BCUT2D eigenvalue weighted by molar-refractivity contribution is 8.13. The predicted molar refractivity (Wildman–Crippen MR) is 206 cm³/mol. The second-order valence-electron chi connectivity index (χ2n) is 12.8. The van der Waals surface area contributed by atoms with Gasteiger partial charge in [0.25, 0.3) is 5.79 Å². The van der Waals surface area contributed by atoms with Gasteiger partial charge in [0.2, 0.25) is 11.0 Å². The van der Waals surface area contributed by atoms with Gasteiger partial charge in [0.1, 0.15) is 18.8 Å². The molecular weight excluding hydrogens is 781 g/mol. The summed E-state index contributed by atoms with van der Waals surface area (Å²) in [6.07, 6.45) is -6.82. The van der Waals surface area contributed by atoms with Crippen LogP contribution in [0.1, 0.15) is 57.7 Å². The van der Waals surface area contributed by atoms with Gasteiger partial charge in [-0.3, -0.25) is 33.3 Å². The highest BCUT2D eigenvalue weighted by atomic mass is 32.2. The zero-order chi connectivity index (χ0) is 41.4. The maximum absolute atomic E-state index is 14.8. The predicted octanol–water partition coefficient (Wildman–Crippen LogP) is 5.47. The van der Waals surface area contributed by atoms with Crippen LogP contribution in [0.15, 0.2) is 91.0 Å². The van der Waals surface area contributed by atoms with Crippen LogP contribution in [-0.4, -0.2) is 77.8 Å². The number of benzene rings is 3. The molecule has 1 heterocycles. The largest absolute Gasteiger partial charge is 0.462 e. The molecule has 57 heavy (non-hydrogen) atoms. The number of rotatable bonds is 19. The third-order valence-electron chi connectivity index (χ3n) is 8.10. The zero-order valence-corrected chi connectivity index (χ0v) is 33.9. The number of hydrogen-bond acceptors (Lipinski definition) is 15. The minimum absolute atomic E-state index is 0.0128. The molecule has 1 saturated heterocycles. The van der Waals surface area contributed by atoms with Gasteiger partial charge in [-0.25, -0.2) is 0 Å². The Morgan fingerprint density at radius 3 is 1.74 bits per heavy atom. The maximum Gasteiger partial charge on any atom is 0.336 e. The minimum Gasteiger partial charge on any atom is -0.462 e. The molecule has 1 N–H and O–H groups in total. The molecule has 0 aromatic heterocycles. The Morgan fingerprint density at radius 2 is 1.26 bits per heavy atom. The molecule has 1 amide bonds. The molecule has 0 bridgehead atoms. The first-order chi connectivity index (χ1) is 27.2. The molecule has 0 radical (unpaired) electrons. The number of hydrogen-bond donors (Lipinski definition) is 1. The Bertz CT molecular complexity index is 1760. The summed E-state index contributed by atoms with van der Waals surface area (Å²) in [5, 5.41) is 1.96. The molecule has 17 heteroatoms. The van der Waals surface area contributed by atoms with Crippen LogP contribution >= 0.6 is 20.4 Å². The fourth-order valence-corrected chi connectivity index (χ4v) is 7.86. The summed E-state index contributed by atoms with van der Waals surface area (Å²) in [5.41, 5.74) is 2.29. The summed E-state index contributed by atoms with van der Waals surface area (Å²) in [6.45, 7) is 4.94. The van der Waals surface area contributed by atoms with Gasteiger partial charge in [0.05, 0.1) is 19.3 Å². The van der Waals surface area contributed by atoms with Crippen LogP contribution in [0.2, 0.25) is 0 Å².